The van der Waals surface area contributed by atoms with Crippen LogP contribution in [-0.4, -0.2) is 42.7 Å². The van der Waals surface area contributed by atoms with Gasteiger partial charge in [0.2, 0.25) is 0 Å². The Morgan fingerprint density at radius 2 is 1.83 bits per heavy atom. The second kappa shape index (κ2) is 11.5. The molecule has 1 aromatic heterocycles. The Morgan fingerprint density at radius 1 is 1.00 bits per heavy atom. The van der Waals surface area contributed by atoms with Crippen molar-refractivity contribution in [1.82, 2.24) is 15.1 Å². The van der Waals surface area contributed by atoms with Crippen molar-refractivity contribution in [2.75, 3.05) is 32.2 Å². The molecule has 0 spiro atoms. The van der Waals surface area contributed by atoms with Gasteiger partial charge < -0.3 is 24.8 Å². The van der Waals surface area contributed by atoms with Crippen LogP contribution in [0.15, 0.2) is 67.0 Å². The number of rotatable bonds is 11. The van der Waals surface area contributed by atoms with E-state index in [1.807, 2.05) is 54.7 Å². The molecule has 0 saturated heterocycles. The number of hydrogen-bond donors (Lipinski definition) is 2. The number of hydrogen-bond acceptors (Lipinski definition) is 5. The Kier molecular flexibility index (Phi) is 8.11. The summed E-state index contributed by atoms with van der Waals surface area (Å²) in [7, 11) is 1.63. The lowest BCUT2D eigenvalue weighted by Crippen LogP contribution is -2.28. The lowest BCUT2D eigenvalue weighted by molar-refractivity contribution is 0.146. The van der Waals surface area contributed by atoms with E-state index in [2.05, 4.69) is 15.7 Å². The Bertz CT molecular complexity index is 898. The van der Waals surface area contributed by atoms with Crippen molar-refractivity contribution in [3.8, 4) is 11.5 Å². The normalized spacial score (nSPS) is 10.4. The monoisotopic (exact) mass is 410 g/mol. The number of nitrogens with one attached hydrogen (secondary N) is 2. The predicted octanol–water partition coefficient (Wildman–Crippen LogP) is 3.31. The first-order valence-corrected chi connectivity index (χ1v) is 9.69. The van der Waals surface area contributed by atoms with E-state index in [0.29, 0.717) is 44.3 Å². The summed E-state index contributed by atoms with van der Waals surface area (Å²) < 4.78 is 18.0. The highest BCUT2D eigenvalue weighted by Gasteiger charge is 2.04. The van der Waals surface area contributed by atoms with Gasteiger partial charge in [-0.1, -0.05) is 18.2 Å². The van der Waals surface area contributed by atoms with E-state index in [1.165, 1.54) is 0 Å². The number of urea groups is 1. The fourth-order valence-electron chi connectivity index (χ4n) is 2.66. The number of nitrogens with zero attached hydrogens (tertiary/aromatic N) is 2. The standard InChI is InChI=1S/C22H26N4O4/c1-28-14-15-30-20-8-6-18(7-9-20)17-23-22(27)25-19-4-2-5-21(16-19)29-13-12-26-11-3-10-24-26/h2-11,16H,12-15,17H2,1H3,(H2,23,25,27). The van der Waals surface area contributed by atoms with Gasteiger partial charge in [0.15, 0.2) is 0 Å². The summed E-state index contributed by atoms with van der Waals surface area (Å²) in [5.41, 5.74) is 1.63. The van der Waals surface area contributed by atoms with Crippen LogP contribution >= 0.6 is 0 Å². The third-order valence-corrected chi connectivity index (χ3v) is 4.17. The highest BCUT2D eigenvalue weighted by molar-refractivity contribution is 5.89. The molecule has 0 fully saturated rings. The van der Waals surface area contributed by atoms with Crippen LogP contribution in [0.1, 0.15) is 5.56 Å². The first kappa shape index (κ1) is 21.2. The molecular weight excluding hydrogens is 384 g/mol. The van der Waals surface area contributed by atoms with Crippen LogP contribution < -0.4 is 20.1 Å². The fourth-order valence-corrected chi connectivity index (χ4v) is 2.66. The van der Waals surface area contributed by atoms with E-state index in [9.17, 15) is 4.79 Å². The number of aromatic nitrogens is 2. The Hall–Kier alpha value is -3.52. The molecule has 8 heteroatoms. The van der Waals surface area contributed by atoms with Gasteiger partial charge in [-0.2, -0.15) is 5.10 Å². The smallest absolute Gasteiger partial charge is 0.319 e. The molecule has 2 N–H and O–H groups in total. The Labute approximate surface area is 175 Å². The van der Waals surface area contributed by atoms with Crippen LogP contribution in [0.2, 0.25) is 0 Å². The van der Waals surface area contributed by atoms with Crippen molar-refractivity contribution in [3.05, 3.63) is 72.6 Å². The third-order valence-electron chi connectivity index (χ3n) is 4.17. The summed E-state index contributed by atoms with van der Waals surface area (Å²) in [6.07, 6.45) is 3.61. The van der Waals surface area contributed by atoms with Crippen molar-refractivity contribution >= 4 is 11.7 Å². The van der Waals surface area contributed by atoms with Crippen molar-refractivity contribution in [3.63, 3.8) is 0 Å². The van der Waals surface area contributed by atoms with Gasteiger partial charge in [-0.15, -0.1) is 0 Å². The summed E-state index contributed by atoms with van der Waals surface area (Å²) in [6, 6.07) is 16.4. The lowest BCUT2D eigenvalue weighted by atomic mass is 10.2. The molecule has 0 aliphatic carbocycles. The largest absolute Gasteiger partial charge is 0.492 e. The van der Waals surface area contributed by atoms with E-state index in [4.69, 9.17) is 14.2 Å². The summed E-state index contributed by atoms with van der Waals surface area (Å²) in [6.45, 7) is 2.59. The average Bonchev–Trinajstić information content (AvgIpc) is 3.27. The van der Waals surface area contributed by atoms with Crippen molar-refractivity contribution in [1.29, 1.82) is 0 Å². The molecule has 1 heterocycles. The molecule has 3 aromatic rings. The number of amides is 2. The minimum atomic E-state index is -0.288. The van der Waals surface area contributed by atoms with Gasteiger partial charge in [-0.05, 0) is 35.9 Å². The molecule has 0 aliphatic rings. The topological polar surface area (TPSA) is 86.6 Å². The molecular formula is C22H26N4O4. The lowest BCUT2D eigenvalue weighted by Gasteiger charge is -2.11. The van der Waals surface area contributed by atoms with Crippen molar-refractivity contribution in [2.45, 2.75) is 13.1 Å². The number of methoxy groups -OCH3 is 1. The molecule has 0 aliphatic heterocycles. The second-order valence-electron chi connectivity index (χ2n) is 6.44. The molecule has 158 valence electrons. The van der Waals surface area contributed by atoms with E-state index < -0.39 is 0 Å². The summed E-state index contributed by atoms with van der Waals surface area (Å²) in [4.78, 5) is 12.2. The molecule has 2 aromatic carbocycles. The van der Waals surface area contributed by atoms with Gasteiger partial charge in [-0.25, -0.2) is 4.79 Å². The Balaban J connectivity index is 1.41. The maximum atomic E-state index is 12.2. The third kappa shape index (κ3) is 7.14. The first-order valence-electron chi connectivity index (χ1n) is 9.69. The van der Waals surface area contributed by atoms with Crippen LogP contribution in [0.5, 0.6) is 11.5 Å². The van der Waals surface area contributed by atoms with E-state index >= 15 is 0 Å². The van der Waals surface area contributed by atoms with E-state index in [1.54, 1.807) is 24.1 Å². The van der Waals surface area contributed by atoms with Gasteiger partial charge in [0, 0.05) is 37.8 Å². The van der Waals surface area contributed by atoms with Crippen LogP contribution in [0, 0.1) is 0 Å². The van der Waals surface area contributed by atoms with Crippen molar-refractivity contribution in [2.24, 2.45) is 0 Å². The van der Waals surface area contributed by atoms with Gasteiger partial charge in [0.05, 0.1) is 13.2 Å². The SMILES string of the molecule is COCCOc1ccc(CNC(=O)Nc2cccc(OCCn3cccn3)c2)cc1. The number of ether oxygens (including phenoxy) is 3. The molecule has 0 bridgehead atoms. The fraction of sp³-hybridized carbons (Fsp3) is 0.273. The molecule has 2 amide bonds. The van der Waals surface area contributed by atoms with E-state index in [-0.39, 0.29) is 6.03 Å². The highest BCUT2D eigenvalue weighted by atomic mass is 16.5. The van der Waals surface area contributed by atoms with Gasteiger partial charge in [-0.3, -0.25) is 4.68 Å². The van der Waals surface area contributed by atoms with Crippen LogP contribution in [0.3, 0.4) is 0 Å². The van der Waals surface area contributed by atoms with Crippen LogP contribution in [0.4, 0.5) is 10.5 Å². The molecule has 3 rings (SSSR count). The molecule has 0 atom stereocenters. The zero-order valence-corrected chi connectivity index (χ0v) is 16.9. The quantitative estimate of drug-likeness (QED) is 0.474. The average molecular weight is 410 g/mol. The summed E-state index contributed by atoms with van der Waals surface area (Å²) in [5, 5.41) is 9.78. The maximum absolute atomic E-state index is 12.2. The highest BCUT2D eigenvalue weighted by Crippen LogP contribution is 2.17. The van der Waals surface area contributed by atoms with Crippen molar-refractivity contribution < 1.29 is 19.0 Å². The van der Waals surface area contributed by atoms with Crippen LogP contribution in [-0.2, 0) is 17.8 Å². The molecule has 0 radical (unpaired) electrons. The zero-order chi connectivity index (χ0) is 21.0. The number of anilines is 1. The molecule has 30 heavy (non-hydrogen) atoms. The van der Waals surface area contributed by atoms with Gasteiger partial charge in [0.1, 0.15) is 24.7 Å². The minimum absolute atomic E-state index is 0.288. The van der Waals surface area contributed by atoms with Crippen LogP contribution in [0.25, 0.3) is 0 Å². The number of benzene rings is 2. The second-order valence-corrected chi connectivity index (χ2v) is 6.44. The summed E-state index contributed by atoms with van der Waals surface area (Å²) in [5.74, 6) is 1.45. The zero-order valence-electron chi connectivity index (χ0n) is 16.9. The summed E-state index contributed by atoms with van der Waals surface area (Å²) >= 11 is 0. The predicted molar refractivity (Wildman–Crippen MR) is 114 cm³/mol. The minimum Gasteiger partial charge on any atom is -0.492 e. The maximum Gasteiger partial charge on any atom is 0.319 e. The molecule has 0 saturated carbocycles. The molecule has 0 unspecified atom stereocenters. The first-order chi connectivity index (χ1) is 14.7. The number of carbonyl (C=O) groups is 1. The number of carbonyl (C=O) groups excluding carboxylic acids is 1. The van der Waals surface area contributed by atoms with Gasteiger partial charge in [0.25, 0.3) is 0 Å². The van der Waals surface area contributed by atoms with E-state index in [0.717, 1.165) is 11.3 Å². The molecule has 8 nitrogen and oxygen atoms in total. The Morgan fingerprint density at radius 3 is 2.60 bits per heavy atom. The van der Waals surface area contributed by atoms with Gasteiger partial charge >= 0.3 is 6.03 Å².